The molecule has 17 heavy (non-hydrogen) atoms. The SMILES string of the molecule is O[C@@H](CCl)CSc1nnc(-c2ccccc2)o1. The van der Waals surface area contributed by atoms with Crippen molar-refractivity contribution in [2.24, 2.45) is 0 Å². The number of rotatable bonds is 5. The van der Waals surface area contributed by atoms with Crippen molar-refractivity contribution in [1.82, 2.24) is 10.2 Å². The molecule has 4 nitrogen and oxygen atoms in total. The summed E-state index contributed by atoms with van der Waals surface area (Å²) < 4.78 is 5.45. The van der Waals surface area contributed by atoms with Crippen molar-refractivity contribution in [1.29, 1.82) is 0 Å². The number of nitrogens with zero attached hydrogens (tertiary/aromatic N) is 2. The minimum atomic E-state index is -0.561. The number of halogens is 1. The van der Waals surface area contributed by atoms with Crippen LogP contribution in [0.2, 0.25) is 0 Å². The summed E-state index contributed by atoms with van der Waals surface area (Å²) in [7, 11) is 0. The van der Waals surface area contributed by atoms with E-state index in [1.165, 1.54) is 11.8 Å². The molecule has 1 atom stereocenters. The van der Waals surface area contributed by atoms with E-state index in [1.807, 2.05) is 30.3 Å². The van der Waals surface area contributed by atoms with Gasteiger partial charge in [0, 0.05) is 17.2 Å². The maximum absolute atomic E-state index is 9.30. The second-order valence-corrected chi connectivity index (χ2v) is 4.64. The Morgan fingerprint density at radius 3 is 2.76 bits per heavy atom. The number of hydrogen-bond acceptors (Lipinski definition) is 5. The van der Waals surface area contributed by atoms with Crippen LogP contribution in [0.25, 0.3) is 11.5 Å². The largest absolute Gasteiger partial charge is 0.411 e. The molecule has 0 unspecified atom stereocenters. The van der Waals surface area contributed by atoms with Gasteiger partial charge < -0.3 is 9.52 Å². The molecule has 1 aromatic heterocycles. The number of benzene rings is 1. The molecule has 0 saturated carbocycles. The van der Waals surface area contributed by atoms with Gasteiger partial charge in [-0.05, 0) is 12.1 Å². The highest BCUT2D eigenvalue weighted by Gasteiger charge is 2.10. The lowest BCUT2D eigenvalue weighted by molar-refractivity contribution is 0.223. The number of alkyl halides is 1. The van der Waals surface area contributed by atoms with Crippen molar-refractivity contribution < 1.29 is 9.52 Å². The van der Waals surface area contributed by atoms with Crippen LogP contribution < -0.4 is 0 Å². The van der Waals surface area contributed by atoms with Crippen molar-refractivity contribution in [3.05, 3.63) is 30.3 Å². The van der Waals surface area contributed by atoms with Gasteiger partial charge in [-0.25, -0.2) is 0 Å². The maximum Gasteiger partial charge on any atom is 0.276 e. The number of aromatic nitrogens is 2. The average molecular weight is 271 g/mol. The van der Waals surface area contributed by atoms with Crippen molar-refractivity contribution in [3.8, 4) is 11.5 Å². The van der Waals surface area contributed by atoms with E-state index in [0.29, 0.717) is 16.9 Å². The minimum Gasteiger partial charge on any atom is -0.411 e. The second kappa shape index (κ2) is 6.05. The van der Waals surface area contributed by atoms with Gasteiger partial charge >= 0.3 is 0 Å². The summed E-state index contributed by atoms with van der Waals surface area (Å²) in [6.45, 7) is 0. The van der Waals surface area contributed by atoms with Gasteiger partial charge in [0.05, 0.1) is 6.10 Å². The fourth-order valence-electron chi connectivity index (χ4n) is 1.18. The Bertz CT molecular complexity index is 464. The smallest absolute Gasteiger partial charge is 0.276 e. The summed E-state index contributed by atoms with van der Waals surface area (Å²) in [5.41, 5.74) is 0.879. The normalized spacial score (nSPS) is 12.6. The molecule has 0 fully saturated rings. The molecule has 2 rings (SSSR count). The number of aliphatic hydroxyl groups is 1. The molecule has 0 aliphatic heterocycles. The zero-order valence-electron chi connectivity index (χ0n) is 8.91. The van der Waals surface area contributed by atoms with Gasteiger partial charge in [0.1, 0.15) is 0 Å². The predicted octanol–water partition coefficient (Wildman–Crippen LogP) is 2.43. The Balaban J connectivity index is 2.01. The molecule has 1 N–H and O–H groups in total. The van der Waals surface area contributed by atoms with Crippen LogP contribution in [0.4, 0.5) is 0 Å². The second-order valence-electron chi connectivity index (χ2n) is 3.36. The molecule has 0 saturated heterocycles. The van der Waals surface area contributed by atoms with Crippen LogP contribution in [0.3, 0.4) is 0 Å². The van der Waals surface area contributed by atoms with Gasteiger partial charge in [0.2, 0.25) is 5.89 Å². The van der Waals surface area contributed by atoms with Crippen LogP contribution in [-0.2, 0) is 0 Å². The predicted molar refractivity (Wildman–Crippen MR) is 67.2 cm³/mol. The Kier molecular flexibility index (Phi) is 4.42. The first kappa shape index (κ1) is 12.4. The molecule has 2 aromatic rings. The van der Waals surface area contributed by atoms with Crippen LogP contribution in [0.1, 0.15) is 0 Å². The van der Waals surface area contributed by atoms with Crippen LogP contribution in [0, 0.1) is 0 Å². The van der Waals surface area contributed by atoms with Gasteiger partial charge in [0.25, 0.3) is 5.22 Å². The van der Waals surface area contributed by atoms with Crippen LogP contribution in [-0.4, -0.2) is 33.0 Å². The van der Waals surface area contributed by atoms with Gasteiger partial charge in [0.15, 0.2) is 0 Å². The van der Waals surface area contributed by atoms with E-state index in [0.717, 1.165) is 5.56 Å². The van der Waals surface area contributed by atoms with E-state index in [4.69, 9.17) is 16.0 Å². The molecule has 0 spiro atoms. The molecule has 0 radical (unpaired) electrons. The quantitative estimate of drug-likeness (QED) is 0.668. The number of aliphatic hydroxyl groups excluding tert-OH is 1. The fourth-order valence-corrected chi connectivity index (χ4v) is 2.11. The summed E-state index contributed by atoms with van der Waals surface area (Å²) in [4.78, 5) is 0. The van der Waals surface area contributed by atoms with Crippen molar-refractivity contribution in [2.75, 3.05) is 11.6 Å². The number of hydrogen-bond donors (Lipinski definition) is 1. The highest BCUT2D eigenvalue weighted by Crippen LogP contribution is 2.23. The van der Waals surface area contributed by atoms with Crippen molar-refractivity contribution in [2.45, 2.75) is 11.3 Å². The van der Waals surface area contributed by atoms with Gasteiger partial charge in [-0.1, -0.05) is 30.0 Å². The van der Waals surface area contributed by atoms with Gasteiger partial charge in [-0.3, -0.25) is 0 Å². The van der Waals surface area contributed by atoms with E-state index in [2.05, 4.69) is 10.2 Å². The van der Waals surface area contributed by atoms with E-state index < -0.39 is 6.10 Å². The Morgan fingerprint density at radius 1 is 1.29 bits per heavy atom. The van der Waals surface area contributed by atoms with Crippen LogP contribution >= 0.6 is 23.4 Å². The first-order valence-corrected chi connectivity index (χ1v) is 6.57. The summed E-state index contributed by atoms with van der Waals surface area (Å²) >= 11 is 6.78. The molecule has 1 aromatic carbocycles. The Morgan fingerprint density at radius 2 is 2.06 bits per heavy atom. The standard InChI is InChI=1S/C11H11ClN2O2S/c12-6-9(15)7-17-11-14-13-10(16-11)8-4-2-1-3-5-8/h1-5,9,15H,6-7H2/t9-/m0/s1. The third-order valence-electron chi connectivity index (χ3n) is 2.00. The molecule has 0 aliphatic rings. The lowest BCUT2D eigenvalue weighted by Crippen LogP contribution is -2.10. The monoisotopic (exact) mass is 270 g/mol. The summed E-state index contributed by atoms with van der Waals surface area (Å²) in [5, 5.41) is 17.6. The van der Waals surface area contributed by atoms with Gasteiger partial charge in [-0.2, -0.15) is 0 Å². The molecule has 90 valence electrons. The molecular weight excluding hydrogens is 260 g/mol. The number of thioether (sulfide) groups is 1. The summed E-state index contributed by atoms with van der Waals surface area (Å²) in [6.07, 6.45) is -0.561. The van der Waals surface area contributed by atoms with E-state index in [1.54, 1.807) is 0 Å². The van der Waals surface area contributed by atoms with Gasteiger partial charge in [-0.15, -0.1) is 21.8 Å². The Labute approximate surface area is 108 Å². The molecule has 0 amide bonds. The first-order chi connectivity index (χ1) is 8.29. The summed E-state index contributed by atoms with van der Waals surface area (Å²) in [5.74, 6) is 1.13. The molecular formula is C11H11ClN2O2S. The Hall–Kier alpha value is -1.04. The molecule has 0 bridgehead atoms. The highest BCUT2D eigenvalue weighted by atomic mass is 35.5. The molecule has 6 heteroatoms. The van der Waals surface area contributed by atoms with Crippen molar-refractivity contribution in [3.63, 3.8) is 0 Å². The third kappa shape index (κ3) is 3.46. The maximum atomic E-state index is 9.30. The third-order valence-corrected chi connectivity index (χ3v) is 3.32. The van der Waals surface area contributed by atoms with Crippen LogP contribution in [0.5, 0.6) is 0 Å². The van der Waals surface area contributed by atoms with E-state index in [9.17, 15) is 5.11 Å². The zero-order chi connectivity index (χ0) is 12.1. The van der Waals surface area contributed by atoms with E-state index >= 15 is 0 Å². The molecule has 1 heterocycles. The first-order valence-electron chi connectivity index (χ1n) is 5.05. The lowest BCUT2D eigenvalue weighted by Gasteiger charge is -2.01. The highest BCUT2D eigenvalue weighted by molar-refractivity contribution is 7.99. The zero-order valence-corrected chi connectivity index (χ0v) is 10.5. The van der Waals surface area contributed by atoms with Crippen LogP contribution in [0.15, 0.2) is 40.0 Å². The summed E-state index contributed by atoms with van der Waals surface area (Å²) in [6, 6.07) is 9.53. The minimum absolute atomic E-state index is 0.201. The topological polar surface area (TPSA) is 59.2 Å². The molecule has 0 aliphatic carbocycles. The average Bonchev–Trinajstić information content (AvgIpc) is 2.86. The van der Waals surface area contributed by atoms with Crippen molar-refractivity contribution >= 4 is 23.4 Å². The van der Waals surface area contributed by atoms with E-state index in [-0.39, 0.29) is 5.88 Å². The lowest BCUT2D eigenvalue weighted by atomic mass is 10.2. The fraction of sp³-hybridized carbons (Fsp3) is 0.273.